The van der Waals surface area contributed by atoms with E-state index in [1.54, 1.807) is 0 Å². The van der Waals surface area contributed by atoms with Crippen LogP contribution in [0.4, 0.5) is 0 Å². The summed E-state index contributed by atoms with van der Waals surface area (Å²) in [6.07, 6.45) is 1.37. The highest BCUT2D eigenvalue weighted by atomic mass is 16.5. The van der Waals surface area contributed by atoms with Crippen LogP contribution in [0.1, 0.15) is 55.9 Å². The van der Waals surface area contributed by atoms with Crippen LogP contribution in [0.2, 0.25) is 0 Å². The van der Waals surface area contributed by atoms with Crippen molar-refractivity contribution in [1.82, 2.24) is 0 Å². The Kier molecular flexibility index (Phi) is 5.04. The number of hydrogen-bond donors (Lipinski definition) is 1. The average Bonchev–Trinajstić information content (AvgIpc) is 3.00. The second-order valence-corrected chi connectivity index (χ2v) is 7.78. The van der Waals surface area contributed by atoms with E-state index in [1.807, 2.05) is 18.2 Å². The van der Waals surface area contributed by atoms with E-state index in [4.69, 9.17) is 9.84 Å². The summed E-state index contributed by atoms with van der Waals surface area (Å²) in [4.78, 5) is 10.7. The molecular weight excluding hydrogens is 324 g/mol. The Hall–Kier alpha value is -2.73. The predicted molar refractivity (Wildman–Crippen MR) is 103 cm³/mol. The molecule has 2 aromatic carbocycles. The number of hydrogen-bond acceptors (Lipinski definition) is 2. The molecule has 2 aromatic rings. The van der Waals surface area contributed by atoms with E-state index in [9.17, 15) is 4.79 Å². The number of carbonyl (C=O) groups is 1. The van der Waals surface area contributed by atoms with Crippen molar-refractivity contribution in [2.75, 3.05) is 0 Å². The van der Waals surface area contributed by atoms with Crippen LogP contribution < -0.4 is 4.74 Å². The molecule has 0 fully saturated rings. The number of ether oxygens (including phenoxy) is 1. The van der Waals surface area contributed by atoms with Gasteiger partial charge in [0.15, 0.2) is 0 Å². The Labute approximate surface area is 155 Å². The lowest BCUT2D eigenvalue weighted by Gasteiger charge is -2.18. The summed E-state index contributed by atoms with van der Waals surface area (Å²) < 4.78 is 5.81. The zero-order valence-electron chi connectivity index (χ0n) is 15.5. The Morgan fingerprint density at radius 1 is 1.12 bits per heavy atom. The Balaban J connectivity index is 1.69. The first-order valence-corrected chi connectivity index (χ1v) is 8.95. The molecule has 0 spiro atoms. The molecule has 0 amide bonds. The molecule has 1 N–H and O–H groups in total. The van der Waals surface area contributed by atoms with Gasteiger partial charge >= 0.3 is 5.97 Å². The smallest absolute Gasteiger partial charge is 0.303 e. The molecule has 134 valence electrons. The number of aliphatic carboxylic acids is 1. The Morgan fingerprint density at radius 3 is 2.42 bits per heavy atom. The van der Waals surface area contributed by atoms with Gasteiger partial charge in [-0.05, 0) is 53.3 Å². The molecule has 26 heavy (non-hydrogen) atoms. The van der Waals surface area contributed by atoms with Gasteiger partial charge in [0.05, 0.1) is 0 Å². The van der Waals surface area contributed by atoms with Crippen molar-refractivity contribution >= 4 is 5.97 Å². The van der Waals surface area contributed by atoms with Crippen molar-refractivity contribution in [3.63, 3.8) is 0 Å². The predicted octanol–water partition coefficient (Wildman–Crippen LogP) is 4.55. The van der Waals surface area contributed by atoms with Crippen LogP contribution in [0.25, 0.3) is 0 Å². The maximum atomic E-state index is 10.7. The fraction of sp³-hybridized carbons (Fsp3) is 0.348. The summed E-state index contributed by atoms with van der Waals surface area (Å²) in [6, 6.07) is 14.3. The minimum atomic E-state index is -0.784. The average molecular weight is 348 g/mol. The minimum Gasteiger partial charge on any atom is -0.490 e. The lowest BCUT2D eigenvalue weighted by molar-refractivity contribution is -0.137. The highest BCUT2D eigenvalue weighted by Crippen LogP contribution is 2.31. The van der Waals surface area contributed by atoms with Gasteiger partial charge in [0.1, 0.15) is 11.9 Å². The van der Waals surface area contributed by atoms with Crippen molar-refractivity contribution in [2.24, 2.45) is 0 Å². The van der Waals surface area contributed by atoms with Gasteiger partial charge in [-0.3, -0.25) is 4.79 Å². The van der Waals surface area contributed by atoms with Gasteiger partial charge in [0.2, 0.25) is 0 Å². The van der Waals surface area contributed by atoms with Gasteiger partial charge in [-0.25, -0.2) is 0 Å². The van der Waals surface area contributed by atoms with E-state index in [2.05, 4.69) is 56.9 Å². The summed E-state index contributed by atoms with van der Waals surface area (Å²) in [5.74, 6) is 6.49. The van der Waals surface area contributed by atoms with E-state index in [1.165, 1.54) is 5.56 Å². The third-order valence-electron chi connectivity index (χ3n) is 4.58. The first kappa shape index (κ1) is 18.1. The monoisotopic (exact) mass is 348 g/mol. The number of carboxylic acid groups (broad SMARTS) is 1. The zero-order valence-corrected chi connectivity index (χ0v) is 15.5. The van der Waals surface area contributed by atoms with Gasteiger partial charge in [-0.1, -0.05) is 44.7 Å². The first-order chi connectivity index (χ1) is 12.3. The second-order valence-electron chi connectivity index (χ2n) is 7.78. The third-order valence-corrected chi connectivity index (χ3v) is 4.58. The topological polar surface area (TPSA) is 46.5 Å². The summed E-state index contributed by atoms with van der Waals surface area (Å²) in [5.41, 5.74) is 4.49. The maximum absolute atomic E-state index is 10.7. The molecule has 1 atom stereocenters. The molecule has 0 unspecified atom stereocenters. The van der Waals surface area contributed by atoms with Gasteiger partial charge in [-0.15, -0.1) is 0 Å². The van der Waals surface area contributed by atoms with Crippen molar-refractivity contribution in [2.45, 2.75) is 51.6 Å². The third kappa shape index (κ3) is 4.46. The van der Waals surface area contributed by atoms with Gasteiger partial charge in [0, 0.05) is 24.0 Å². The molecule has 0 aliphatic carbocycles. The molecule has 1 aliphatic rings. The highest BCUT2D eigenvalue weighted by molar-refractivity contribution is 5.66. The van der Waals surface area contributed by atoms with Crippen LogP contribution in [0, 0.1) is 11.8 Å². The van der Waals surface area contributed by atoms with Crippen LogP contribution in [0.15, 0.2) is 42.5 Å². The van der Waals surface area contributed by atoms with Crippen LogP contribution in [0.5, 0.6) is 5.75 Å². The minimum absolute atomic E-state index is 0.0470. The summed E-state index contributed by atoms with van der Waals surface area (Å²) in [5, 5.41) is 8.80. The van der Waals surface area contributed by atoms with E-state index < -0.39 is 5.97 Å². The van der Waals surface area contributed by atoms with E-state index in [0.717, 1.165) is 28.9 Å². The van der Waals surface area contributed by atoms with Crippen LogP contribution >= 0.6 is 0 Å². The largest absolute Gasteiger partial charge is 0.490 e. The summed E-state index contributed by atoms with van der Waals surface area (Å²) >= 11 is 0. The maximum Gasteiger partial charge on any atom is 0.303 e. The summed E-state index contributed by atoms with van der Waals surface area (Å²) in [7, 11) is 0. The molecule has 0 saturated carbocycles. The highest BCUT2D eigenvalue weighted by Gasteiger charge is 2.23. The van der Waals surface area contributed by atoms with E-state index in [-0.39, 0.29) is 17.9 Å². The molecule has 3 rings (SSSR count). The van der Waals surface area contributed by atoms with Gasteiger partial charge in [0.25, 0.3) is 0 Å². The van der Waals surface area contributed by atoms with Gasteiger partial charge in [-0.2, -0.15) is 0 Å². The Morgan fingerprint density at radius 2 is 1.77 bits per heavy atom. The molecular formula is C23H24O3. The first-order valence-electron chi connectivity index (χ1n) is 8.95. The zero-order chi connectivity index (χ0) is 18.7. The second kappa shape index (κ2) is 7.25. The normalized spacial score (nSPS) is 15.6. The number of fused-ring (bicyclic) bond motifs is 1. The van der Waals surface area contributed by atoms with Crippen LogP contribution in [-0.4, -0.2) is 17.2 Å². The number of benzene rings is 2. The van der Waals surface area contributed by atoms with E-state index >= 15 is 0 Å². The number of carboxylic acids is 1. The molecule has 0 bridgehead atoms. The SMILES string of the molecule is CC(C)(C)c1ccc(C#Cc2ccc3c(c2)C[C@H](CCC(=O)O)O3)cc1. The van der Waals surface area contributed by atoms with E-state index in [0.29, 0.717) is 6.42 Å². The summed E-state index contributed by atoms with van der Waals surface area (Å²) in [6.45, 7) is 6.60. The van der Waals surface area contributed by atoms with Crippen LogP contribution in [0.3, 0.4) is 0 Å². The molecule has 0 radical (unpaired) electrons. The molecule has 3 heteroatoms. The fourth-order valence-corrected chi connectivity index (χ4v) is 3.04. The lowest BCUT2D eigenvalue weighted by atomic mass is 9.87. The van der Waals surface area contributed by atoms with Crippen molar-refractivity contribution in [3.8, 4) is 17.6 Å². The fourth-order valence-electron chi connectivity index (χ4n) is 3.04. The van der Waals surface area contributed by atoms with Crippen LogP contribution in [-0.2, 0) is 16.6 Å². The molecule has 0 aromatic heterocycles. The van der Waals surface area contributed by atoms with Crippen molar-refractivity contribution < 1.29 is 14.6 Å². The van der Waals surface area contributed by atoms with Crippen molar-refractivity contribution in [3.05, 3.63) is 64.7 Å². The standard InChI is InChI=1S/C23H24O3/c1-23(2,3)19-9-6-16(7-10-19)4-5-17-8-12-21-18(14-17)15-20(26-21)11-13-22(24)25/h6-10,12,14,20H,11,13,15H2,1-3H3,(H,24,25)/t20-/m0/s1. The van der Waals surface area contributed by atoms with Crippen molar-refractivity contribution in [1.29, 1.82) is 0 Å². The quantitative estimate of drug-likeness (QED) is 0.828. The Bertz CT molecular complexity index is 861. The molecule has 3 nitrogen and oxygen atoms in total. The molecule has 1 aliphatic heterocycles. The van der Waals surface area contributed by atoms with Gasteiger partial charge < -0.3 is 9.84 Å². The molecule has 1 heterocycles. The molecule has 0 saturated heterocycles. The number of rotatable bonds is 3. The lowest BCUT2D eigenvalue weighted by Crippen LogP contribution is -2.14.